The molecule has 0 amide bonds. The van der Waals surface area contributed by atoms with Crippen LogP contribution >= 0.6 is 0 Å². The average Bonchev–Trinajstić information content (AvgIpc) is 2.46. The van der Waals surface area contributed by atoms with Crippen molar-refractivity contribution < 1.29 is 14.2 Å². The van der Waals surface area contributed by atoms with Crippen LogP contribution in [0, 0.1) is 12.3 Å². The Morgan fingerprint density at radius 2 is 2.21 bits per heavy atom. The predicted molar refractivity (Wildman–Crippen MR) is 73.8 cm³/mol. The lowest BCUT2D eigenvalue weighted by Crippen LogP contribution is -2.18. The summed E-state index contributed by atoms with van der Waals surface area (Å²) in [5.74, 6) is 4.80. The van der Waals surface area contributed by atoms with Gasteiger partial charge in [-0.05, 0) is 30.7 Å². The van der Waals surface area contributed by atoms with E-state index in [-0.39, 0.29) is 0 Å². The number of hydrogen-bond donors (Lipinski definition) is 1. The average molecular weight is 261 g/mol. The van der Waals surface area contributed by atoms with Crippen LogP contribution in [0.5, 0.6) is 17.2 Å². The van der Waals surface area contributed by atoms with Crippen molar-refractivity contribution in [3.05, 3.63) is 17.7 Å². The van der Waals surface area contributed by atoms with E-state index in [9.17, 15) is 0 Å². The fraction of sp³-hybridized carbons (Fsp3) is 0.467. The van der Waals surface area contributed by atoms with E-state index in [1.807, 2.05) is 12.1 Å². The maximum absolute atomic E-state index is 5.59. The van der Waals surface area contributed by atoms with Crippen molar-refractivity contribution in [2.24, 2.45) is 0 Å². The van der Waals surface area contributed by atoms with Crippen molar-refractivity contribution in [3.8, 4) is 29.6 Å². The molecule has 19 heavy (non-hydrogen) atoms. The molecule has 0 fully saturated rings. The Morgan fingerprint density at radius 3 is 3.00 bits per heavy atom. The highest BCUT2D eigenvalue weighted by atomic mass is 16.6. The van der Waals surface area contributed by atoms with E-state index >= 15 is 0 Å². The second-order valence-corrected chi connectivity index (χ2v) is 4.31. The van der Waals surface area contributed by atoms with Gasteiger partial charge in [-0.1, -0.05) is 0 Å². The summed E-state index contributed by atoms with van der Waals surface area (Å²) in [5, 5.41) is 3.35. The van der Waals surface area contributed by atoms with Crippen LogP contribution in [0.4, 0.5) is 0 Å². The van der Waals surface area contributed by atoms with Gasteiger partial charge in [0.25, 0.3) is 0 Å². The second-order valence-electron chi connectivity index (χ2n) is 4.31. The summed E-state index contributed by atoms with van der Waals surface area (Å²) in [5.41, 5.74) is 1.11. The lowest BCUT2D eigenvalue weighted by Gasteiger charge is -2.21. The number of ether oxygens (including phenoxy) is 3. The molecule has 1 aliphatic heterocycles. The van der Waals surface area contributed by atoms with Crippen LogP contribution < -0.4 is 19.5 Å². The molecule has 1 aromatic rings. The van der Waals surface area contributed by atoms with Crippen LogP contribution in [0.3, 0.4) is 0 Å². The molecule has 0 unspecified atom stereocenters. The number of terminal acetylenes is 1. The van der Waals surface area contributed by atoms with Crippen molar-refractivity contribution in [2.75, 3.05) is 26.9 Å². The van der Waals surface area contributed by atoms with Gasteiger partial charge >= 0.3 is 0 Å². The minimum absolute atomic E-state index is 0.563. The van der Waals surface area contributed by atoms with Gasteiger partial charge in [0, 0.05) is 13.0 Å². The van der Waals surface area contributed by atoms with Gasteiger partial charge in [0.2, 0.25) is 5.75 Å². The minimum Gasteiger partial charge on any atom is -0.493 e. The Kier molecular flexibility index (Phi) is 4.93. The number of nitrogens with one attached hydrogen (secondary N) is 1. The summed E-state index contributed by atoms with van der Waals surface area (Å²) in [6.07, 6.45) is 7.00. The largest absolute Gasteiger partial charge is 0.493 e. The number of rotatable bonds is 6. The molecule has 0 saturated heterocycles. The lowest BCUT2D eigenvalue weighted by atomic mass is 10.1. The van der Waals surface area contributed by atoms with Gasteiger partial charge in [0.05, 0.1) is 7.11 Å². The zero-order valence-corrected chi connectivity index (χ0v) is 11.2. The van der Waals surface area contributed by atoms with Crippen molar-refractivity contribution in [2.45, 2.75) is 19.4 Å². The maximum atomic E-state index is 5.59. The first kappa shape index (κ1) is 13.6. The molecule has 2 rings (SSSR count). The van der Waals surface area contributed by atoms with Crippen LogP contribution in [-0.4, -0.2) is 26.9 Å². The molecule has 4 nitrogen and oxygen atoms in total. The Morgan fingerprint density at radius 1 is 1.37 bits per heavy atom. The molecular formula is C15H19NO3. The highest BCUT2D eigenvalue weighted by Crippen LogP contribution is 2.40. The zero-order valence-electron chi connectivity index (χ0n) is 11.2. The van der Waals surface area contributed by atoms with E-state index in [0.717, 1.165) is 43.0 Å². The first-order valence-corrected chi connectivity index (χ1v) is 6.46. The van der Waals surface area contributed by atoms with Crippen LogP contribution in [0.25, 0.3) is 0 Å². The number of fused-ring (bicyclic) bond motifs is 1. The zero-order chi connectivity index (χ0) is 13.5. The second kappa shape index (κ2) is 6.91. The normalized spacial score (nSPS) is 12.8. The summed E-state index contributed by atoms with van der Waals surface area (Å²) >= 11 is 0. The molecule has 0 aliphatic carbocycles. The maximum Gasteiger partial charge on any atom is 0.203 e. The highest BCUT2D eigenvalue weighted by molar-refractivity contribution is 5.54. The third-order valence-electron chi connectivity index (χ3n) is 2.89. The number of unbranched alkanes of at least 4 members (excludes halogenated alkanes) is 1. The van der Waals surface area contributed by atoms with Crippen molar-refractivity contribution >= 4 is 0 Å². The summed E-state index contributed by atoms with van der Waals surface area (Å²) in [6, 6.07) is 3.97. The van der Waals surface area contributed by atoms with E-state index in [0.29, 0.717) is 19.0 Å². The van der Waals surface area contributed by atoms with E-state index in [1.165, 1.54) is 0 Å². The van der Waals surface area contributed by atoms with Gasteiger partial charge in [-0.2, -0.15) is 0 Å². The molecule has 1 N–H and O–H groups in total. The molecule has 1 heterocycles. The first-order valence-electron chi connectivity index (χ1n) is 6.46. The Hall–Kier alpha value is -1.86. The van der Waals surface area contributed by atoms with Gasteiger partial charge in [-0.25, -0.2) is 0 Å². The molecule has 0 bridgehead atoms. The van der Waals surface area contributed by atoms with E-state index in [2.05, 4.69) is 11.2 Å². The van der Waals surface area contributed by atoms with Gasteiger partial charge in [-0.3, -0.25) is 0 Å². The molecular weight excluding hydrogens is 242 g/mol. The standard InChI is InChI=1S/C15H19NO3/c1-3-4-5-6-16-11-12-9-13(17-2)15-14(10-12)18-7-8-19-15/h1,9-10,16H,4-8,11H2,2H3. The minimum atomic E-state index is 0.563. The SMILES string of the molecule is C#CCCCNCc1cc(OC)c2c(c1)OCCO2. The Bertz CT molecular complexity index is 448. The van der Waals surface area contributed by atoms with Crippen LogP contribution in [0.2, 0.25) is 0 Å². The van der Waals surface area contributed by atoms with Gasteiger partial charge < -0.3 is 19.5 Å². The third kappa shape index (κ3) is 3.55. The highest BCUT2D eigenvalue weighted by Gasteiger charge is 2.18. The predicted octanol–water partition coefficient (Wildman–Crippen LogP) is 1.97. The first-order chi connectivity index (χ1) is 9.35. The molecule has 0 spiro atoms. The number of benzene rings is 1. The summed E-state index contributed by atoms with van der Waals surface area (Å²) < 4.78 is 16.5. The molecule has 4 heteroatoms. The van der Waals surface area contributed by atoms with E-state index in [1.54, 1.807) is 7.11 Å². The molecule has 1 aromatic carbocycles. The van der Waals surface area contributed by atoms with E-state index < -0.39 is 0 Å². The molecule has 1 aliphatic rings. The van der Waals surface area contributed by atoms with Gasteiger partial charge in [0.1, 0.15) is 13.2 Å². The van der Waals surface area contributed by atoms with Crippen LogP contribution in [-0.2, 0) is 6.54 Å². The van der Waals surface area contributed by atoms with E-state index in [4.69, 9.17) is 20.6 Å². The van der Waals surface area contributed by atoms with Gasteiger partial charge in [0.15, 0.2) is 11.5 Å². The van der Waals surface area contributed by atoms with Crippen LogP contribution in [0.1, 0.15) is 18.4 Å². The third-order valence-corrected chi connectivity index (χ3v) is 2.89. The molecule has 0 saturated carbocycles. The fourth-order valence-corrected chi connectivity index (χ4v) is 1.98. The Labute approximate surface area is 114 Å². The monoisotopic (exact) mass is 261 g/mol. The molecule has 0 aromatic heterocycles. The van der Waals surface area contributed by atoms with Gasteiger partial charge in [-0.15, -0.1) is 12.3 Å². The summed E-state index contributed by atoms with van der Waals surface area (Å²) in [7, 11) is 1.64. The number of hydrogen-bond acceptors (Lipinski definition) is 4. The smallest absolute Gasteiger partial charge is 0.203 e. The molecule has 0 atom stereocenters. The molecule has 102 valence electrons. The number of methoxy groups -OCH3 is 1. The topological polar surface area (TPSA) is 39.7 Å². The fourth-order valence-electron chi connectivity index (χ4n) is 1.98. The van der Waals surface area contributed by atoms with Crippen molar-refractivity contribution in [1.29, 1.82) is 0 Å². The quantitative estimate of drug-likeness (QED) is 0.628. The van der Waals surface area contributed by atoms with Crippen LogP contribution in [0.15, 0.2) is 12.1 Å². The lowest BCUT2D eigenvalue weighted by molar-refractivity contribution is 0.165. The van der Waals surface area contributed by atoms with Crippen molar-refractivity contribution in [1.82, 2.24) is 5.32 Å². The molecule has 0 radical (unpaired) electrons. The summed E-state index contributed by atoms with van der Waals surface area (Å²) in [6.45, 7) is 2.81. The Balaban J connectivity index is 1.99. The summed E-state index contributed by atoms with van der Waals surface area (Å²) in [4.78, 5) is 0. The van der Waals surface area contributed by atoms with Crippen molar-refractivity contribution in [3.63, 3.8) is 0 Å².